The molecule has 3 heteroatoms. The molecule has 0 bridgehead atoms. The average molecular weight is 235 g/mol. The first-order valence-corrected chi connectivity index (χ1v) is 6.14. The van der Waals surface area contributed by atoms with Crippen molar-refractivity contribution in [2.24, 2.45) is 5.92 Å². The van der Waals surface area contributed by atoms with E-state index in [1.165, 1.54) is 5.56 Å². The lowest BCUT2D eigenvalue weighted by atomic mass is 10.1. The third-order valence-corrected chi connectivity index (χ3v) is 2.75. The molecule has 0 saturated heterocycles. The van der Waals surface area contributed by atoms with Crippen molar-refractivity contribution >= 4 is 5.91 Å². The number of amides is 1. The molecule has 1 amide bonds. The lowest BCUT2D eigenvalue weighted by Crippen LogP contribution is -2.28. The van der Waals surface area contributed by atoms with Crippen molar-refractivity contribution < 1.29 is 9.90 Å². The molecular formula is C14H21NO2. The lowest BCUT2D eigenvalue weighted by Gasteiger charge is -2.11. The van der Waals surface area contributed by atoms with Crippen LogP contribution in [0.25, 0.3) is 0 Å². The van der Waals surface area contributed by atoms with Crippen molar-refractivity contribution in [1.82, 2.24) is 5.32 Å². The van der Waals surface area contributed by atoms with Crippen LogP contribution in [0.2, 0.25) is 0 Å². The van der Waals surface area contributed by atoms with Crippen LogP contribution >= 0.6 is 0 Å². The van der Waals surface area contributed by atoms with Gasteiger partial charge in [-0.3, -0.25) is 4.79 Å². The molecule has 1 rings (SSSR count). The first kappa shape index (κ1) is 13.7. The molecule has 0 spiro atoms. The van der Waals surface area contributed by atoms with Gasteiger partial charge in [0.05, 0.1) is 0 Å². The van der Waals surface area contributed by atoms with E-state index in [0.717, 1.165) is 12.8 Å². The summed E-state index contributed by atoms with van der Waals surface area (Å²) in [6.45, 7) is 2.85. The Hall–Kier alpha value is -1.35. The molecule has 1 unspecified atom stereocenters. The van der Waals surface area contributed by atoms with E-state index in [0.29, 0.717) is 18.9 Å². The van der Waals surface area contributed by atoms with Crippen LogP contribution in [0, 0.1) is 5.92 Å². The zero-order valence-corrected chi connectivity index (χ0v) is 10.4. The second-order valence-corrected chi connectivity index (χ2v) is 4.41. The summed E-state index contributed by atoms with van der Waals surface area (Å²) < 4.78 is 0. The number of rotatable bonds is 7. The van der Waals surface area contributed by atoms with E-state index in [1.54, 1.807) is 0 Å². The number of hydrogen-bond acceptors (Lipinski definition) is 2. The predicted octanol–water partition coefficient (Wildman–Crippen LogP) is 1.75. The van der Waals surface area contributed by atoms with Crippen molar-refractivity contribution in [1.29, 1.82) is 0 Å². The molecule has 0 aromatic heterocycles. The highest BCUT2D eigenvalue weighted by Gasteiger charge is 2.05. The fraction of sp³-hybridized carbons (Fsp3) is 0.500. The Morgan fingerprint density at radius 2 is 2.06 bits per heavy atom. The molecule has 0 aliphatic heterocycles. The normalized spacial score (nSPS) is 12.1. The number of carbonyl (C=O) groups excluding carboxylic acids is 1. The molecule has 1 aromatic rings. The third-order valence-electron chi connectivity index (χ3n) is 2.75. The zero-order chi connectivity index (χ0) is 12.5. The molecule has 0 heterocycles. The van der Waals surface area contributed by atoms with Gasteiger partial charge in [-0.1, -0.05) is 37.3 Å². The van der Waals surface area contributed by atoms with Crippen LogP contribution in [-0.2, 0) is 11.2 Å². The minimum Gasteiger partial charge on any atom is -0.396 e. The molecule has 0 aliphatic carbocycles. The van der Waals surface area contributed by atoms with Crippen molar-refractivity contribution in [2.75, 3.05) is 13.2 Å². The molecule has 1 atom stereocenters. The van der Waals surface area contributed by atoms with E-state index >= 15 is 0 Å². The van der Waals surface area contributed by atoms with Crippen LogP contribution in [-0.4, -0.2) is 24.2 Å². The number of benzene rings is 1. The second kappa shape index (κ2) is 7.85. The number of aliphatic hydroxyl groups is 1. The molecule has 3 nitrogen and oxygen atoms in total. The van der Waals surface area contributed by atoms with Gasteiger partial charge in [0.1, 0.15) is 0 Å². The Morgan fingerprint density at radius 1 is 1.35 bits per heavy atom. The van der Waals surface area contributed by atoms with E-state index in [1.807, 2.05) is 37.3 Å². The Balaban J connectivity index is 2.17. The fourth-order valence-electron chi connectivity index (χ4n) is 1.60. The maximum atomic E-state index is 11.6. The minimum absolute atomic E-state index is 0.0821. The number of aryl methyl sites for hydroxylation is 1. The topological polar surface area (TPSA) is 49.3 Å². The Labute approximate surface area is 103 Å². The van der Waals surface area contributed by atoms with Crippen LogP contribution < -0.4 is 5.32 Å². The minimum atomic E-state index is 0.0821. The monoisotopic (exact) mass is 235 g/mol. The average Bonchev–Trinajstić information content (AvgIpc) is 2.35. The first-order chi connectivity index (χ1) is 8.22. The van der Waals surface area contributed by atoms with Gasteiger partial charge in [0.15, 0.2) is 0 Å². The van der Waals surface area contributed by atoms with E-state index in [9.17, 15) is 4.79 Å². The molecule has 0 fully saturated rings. The zero-order valence-electron chi connectivity index (χ0n) is 10.4. The van der Waals surface area contributed by atoms with Crippen LogP contribution in [0.3, 0.4) is 0 Å². The van der Waals surface area contributed by atoms with Crippen molar-refractivity contribution in [2.45, 2.75) is 26.2 Å². The molecule has 2 N–H and O–H groups in total. The molecule has 17 heavy (non-hydrogen) atoms. The molecule has 0 aliphatic rings. The summed E-state index contributed by atoms with van der Waals surface area (Å²) in [5.41, 5.74) is 1.19. The maximum Gasteiger partial charge on any atom is 0.220 e. The summed E-state index contributed by atoms with van der Waals surface area (Å²) in [6.07, 6.45) is 2.04. The third kappa shape index (κ3) is 6.07. The van der Waals surface area contributed by atoms with Gasteiger partial charge < -0.3 is 10.4 Å². The molecular weight excluding hydrogens is 214 g/mol. The van der Waals surface area contributed by atoms with E-state index in [2.05, 4.69) is 5.32 Å². The van der Waals surface area contributed by atoms with Crippen LogP contribution in [0.5, 0.6) is 0 Å². The number of hydrogen-bond donors (Lipinski definition) is 2. The number of nitrogens with one attached hydrogen (secondary N) is 1. The summed E-state index contributed by atoms with van der Waals surface area (Å²) >= 11 is 0. The summed E-state index contributed by atoms with van der Waals surface area (Å²) in [4.78, 5) is 11.6. The Kier molecular flexibility index (Phi) is 6.33. The summed E-state index contributed by atoms with van der Waals surface area (Å²) in [7, 11) is 0. The van der Waals surface area contributed by atoms with Crippen molar-refractivity contribution in [3.05, 3.63) is 35.9 Å². The molecule has 0 saturated carbocycles. The van der Waals surface area contributed by atoms with Gasteiger partial charge in [0.25, 0.3) is 0 Å². The Morgan fingerprint density at radius 3 is 2.71 bits per heavy atom. The first-order valence-electron chi connectivity index (χ1n) is 6.14. The van der Waals surface area contributed by atoms with Crippen molar-refractivity contribution in [3.63, 3.8) is 0 Å². The van der Waals surface area contributed by atoms with Gasteiger partial charge in [-0.25, -0.2) is 0 Å². The fourth-order valence-corrected chi connectivity index (χ4v) is 1.60. The van der Waals surface area contributed by atoms with Gasteiger partial charge in [-0.05, 0) is 24.3 Å². The quantitative estimate of drug-likeness (QED) is 0.756. The second-order valence-electron chi connectivity index (χ2n) is 4.41. The Bertz CT molecular complexity index is 324. The summed E-state index contributed by atoms with van der Waals surface area (Å²) in [5, 5.41) is 11.6. The van der Waals surface area contributed by atoms with Crippen LogP contribution in [0.1, 0.15) is 25.3 Å². The largest absolute Gasteiger partial charge is 0.396 e. The van der Waals surface area contributed by atoms with Gasteiger partial charge in [-0.15, -0.1) is 0 Å². The van der Waals surface area contributed by atoms with E-state index in [-0.39, 0.29) is 12.5 Å². The maximum absolute atomic E-state index is 11.6. The van der Waals surface area contributed by atoms with Gasteiger partial charge >= 0.3 is 0 Å². The molecule has 94 valence electrons. The SMILES string of the molecule is CC(CCO)CNC(=O)CCc1ccccc1. The highest BCUT2D eigenvalue weighted by Crippen LogP contribution is 2.03. The van der Waals surface area contributed by atoms with Crippen LogP contribution in [0.4, 0.5) is 0 Å². The van der Waals surface area contributed by atoms with Gasteiger partial charge in [0, 0.05) is 19.6 Å². The standard InChI is InChI=1S/C14H21NO2/c1-12(9-10-16)11-15-14(17)8-7-13-5-3-2-4-6-13/h2-6,12,16H,7-11H2,1H3,(H,15,17). The smallest absolute Gasteiger partial charge is 0.220 e. The van der Waals surface area contributed by atoms with Gasteiger partial charge in [-0.2, -0.15) is 0 Å². The summed E-state index contributed by atoms with van der Waals surface area (Å²) in [6, 6.07) is 10.00. The van der Waals surface area contributed by atoms with E-state index < -0.39 is 0 Å². The van der Waals surface area contributed by atoms with Crippen molar-refractivity contribution in [3.8, 4) is 0 Å². The highest BCUT2D eigenvalue weighted by atomic mass is 16.3. The van der Waals surface area contributed by atoms with E-state index in [4.69, 9.17) is 5.11 Å². The summed E-state index contributed by atoms with van der Waals surface area (Å²) in [5.74, 6) is 0.416. The highest BCUT2D eigenvalue weighted by molar-refractivity contribution is 5.76. The van der Waals surface area contributed by atoms with Crippen LogP contribution in [0.15, 0.2) is 30.3 Å². The predicted molar refractivity (Wildman–Crippen MR) is 68.6 cm³/mol. The number of carbonyl (C=O) groups is 1. The lowest BCUT2D eigenvalue weighted by molar-refractivity contribution is -0.121. The van der Waals surface area contributed by atoms with Gasteiger partial charge in [0.2, 0.25) is 5.91 Å². The number of aliphatic hydroxyl groups excluding tert-OH is 1. The molecule has 1 aromatic carbocycles. The molecule has 0 radical (unpaired) electrons.